The van der Waals surface area contributed by atoms with Gasteiger partial charge in [0.2, 0.25) is 0 Å². The molecule has 0 radical (unpaired) electrons. The second-order valence-electron chi connectivity index (χ2n) is 4.66. The third kappa shape index (κ3) is 2.87. The predicted octanol–water partition coefficient (Wildman–Crippen LogP) is 1.72. The molecular formula is C14H18N2O2S. The largest absolute Gasteiger partial charge is 0.383 e. The van der Waals surface area contributed by atoms with E-state index >= 15 is 0 Å². The Morgan fingerprint density at radius 1 is 1.37 bits per heavy atom. The highest BCUT2D eigenvalue weighted by atomic mass is 32.2. The van der Waals surface area contributed by atoms with Crippen LogP contribution in [0.15, 0.2) is 35.1 Å². The topological polar surface area (TPSA) is 51.1 Å². The number of anilines is 1. The number of fused-ring (bicyclic) bond motifs is 1. The highest BCUT2D eigenvalue weighted by Crippen LogP contribution is 2.20. The molecule has 2 atom stereocenters. The third-order valence-corrected chi connectivity index (χ3v) is 4.60. The van der Waals surface area contributed by atoms with Crippen molar-refractivity contribution in [3.63, 3.8) is 0 Å². The first-order valence-corrected chi connectivity index (χ1v) is 7.77. The molecule has 2 aromatic rings. The Kier molecular flexibility index (Phi) is 4.04. The molecule has 2 rings (SSSR count). The van der Waals surface area contributed by atoms with Gasteiger partial charge < -0.3 is 9.88 Å². The van der Waals surface area contributed by atoms with E-state index in [1.54, 1.807) is 23.9 Å². The number of aromatic nitrogens is 1. The zero-order valence-corrected chi connectivity index (χ0v) is 12.2. The minimum Gasteiger partial charge on any atom is -0.383 e. The lowest BCUT2D eigenvalue weighted by molar-refractivity contribution is 0.679. The molecule has 0 aliphatic rings. The molecule has 1 aromatic heterocycles. The number of rotatable bonds is 4. The van der Waals surface area contributed by atoms with Gasteiger partial charge in [-0.05, 0) is 13.0 Å². The quantitative estimate of drug-likeness (QED) is 0.926. The van der Waals surface area contributed by atoms with E-state index in [0.717, 1.165) is 16.6 Å². The lowest BCUT2D eigenvalue weighted by Gasteiger charge is -2.14. The molecule has 0 bridgehead atoms. The Morgan fingerprint density at radius 3 is 2.74 bits per heavy atom. The van der Waals surface area contributed by atoms with E-state index in [1.165, 1.54) is 0 Å². The van der Waals surface area contributed by atoms with E-state index in [-0.39, 0.29) is 10.8 Å². The third-order valence-electron chi connectivity index (χ3n) is 3.30. The first kappa shape index (κ1) is 13.8. The molecule has 4 nitrogen and oxygen atoms in total. The van der Waals surface area contributed by atoms with Crippen LogP contribution in [0.4, 0.5) is 5.69 Å². The minimum atomic E-state index is -0.873. The zero-order chi connectivity index (χ0) is 14.0. The fourth-order valence-corrected chi connectivity index (χ4v) is 2.25. The maximum absolute atomic E-state index is 11.9. The molecule has 0 saturated heterocycles. The molecule has 0 spiro atoms. The van der Waals surface area contributed by atoms with Crippen molar-refractivity contribution in [2.24, 2.45) is 7.05 Å². The Bertz CT molecular complexity index is 679. The SMILES string of the molecule is CC(CNc1cc(=O)n(C)c2ccccc12)S(C)=O. The van der Waals surface area contributed by atoms with Crippen LogP contribution in [0.2, 0.25) is 0 Å². The monoisotopic (exact) mass is 278 g/mol. The van der Waals surface area contributed by atoms with Crippen LogP contribution in [0.3, 0.4) is 0 Å². The van der Waals surface area contributed by atoms with Gasteiger partial charge in [0.25, 0.3) is 5.56 Å². The summed E-state index contributed by atoms with van der Waals surface area (Å²) in [7, 11) is 0.889. The van der Waals surface area contributed by atoms with Crippen molar-refractivity contribution >= 4 is 27.4 Å². The molecule has 5 heteroatoms. The van der Waals surface area contributed by atoms with Gasteiger partial charge in [0.1, 0.15) is 0 Å². The molecule has 102 valence electrons. The lowest BCUT2D eigenvalue weighted by Crippen LogP contribution is -2.23. The fourth-order valence-electron chi connectivity index (χ4n) is 1.93. The van der Waals surface area contributed by atoms with Gasteiger partial charge >= 0.3 is 0 Å². The van der Waals surface area contributed by atoms with Crippen LogP contribution in [-0.2, 0) is 17.8 Å². The molecular weight excluding hydrogens is 260 g/mol. The summed E-state index contributed by atoms with van der Waals surface area (Å²) in [6.07, 6.45) is 1.69. The van der Waals surface area contributed by atoms with Gasteiger partial charge in [-0.15, -0.1) is 0 Å². The number of nitrogens with one attached hydrogen (secondary N) is 1. The van der Waals surface area contributed by atoms with E-state index in [2.05, 4.69) is 5.32 Å². The van der Waals surface area contributed by atoms with Gasteiger partial charge in [0.15, 0.2) is 0 Å². The number of nitrogens with zero attached hydrogens (tertiary/aromatic N) is 1. The molecule has 1 aromatic carbocycles. The molecule has 2 unspecified atom stereocenters. The number of para-hydroxylation sites is 1. The number of hydrogen-bond acceptors (Lipinski definition) is 3. The van der Waals surface area contributed by atoms with Crippen molar-refractivity contribution in [2.45, 2.75) is 12.2 Å². The molecule has 19 heavy (non-hydrogen) atoms. The van der Waals surface area contributed by atoms with Crippen LogP contribution in [0.5, 0.6) is 0 Å². The summed E-state index contributed by atoms with van der Waals surface area (Å²) in [5.74, 6) is 0. The zero-order valence-electron chi connectivity index (χ0n) is 11.3. The lowest BCUT2D eigenvalue weighted by atomic mass is 10.2. The number of aryl methyl sites for hydroxylation is 1. The smallest absolute Gasteiger partial charge is 0.252 e. The number of pyridine rings is 1. The van der Waals surface area contributed by atoms with Crippen LogP contribution in [0.1, 0.15) is 6.92 Å². The van der Waals surface area contributed by atoms with Gasteiger partial charge in [-0.3, -0.25) is 9.00 Å². The molecule has 0 aliphatic heterocycles. The molecule has 1 heterocycles. The van der Waals surface area contributed by atoms with Crippen molar-refractivity contribution < 1.29 is 4.21 Å². The fraction of sp³-hybridized carbons (Fsp3) is 0.357. The average Bonchev–Trinajstić information content (AvgIpc) is 2.40. The first-order valence-electron chi connectivity index (χ1n) is 6.15. The minimum absolute atomic E-state index is 0.0443. The second-order valence-corrected chi connectivity index (χ2v) is 6.46. The van der Waals surface area contributed by atoms with Gasteiger partial charge in [0.05, 0.1) is 5.52 Å². The van der Waals surface area contributed by atoms with Gasteiger partial charge in [-0.1, -0.05) is 18.2 Å². The van der Waals surface area contributed by atoms with Crippen molar-refractivity contribution in [1.82, 2.24) is 4.57 Å². The molecule has 0 saturated carbocycles. The molecule has 0 amide bonds. The molecule has 1 N–H and O–H groups in total. The average molecular weight is 278 g/mol. The number of hydrogen-bond donors (Lipinski definition) is 1. The van der Waals surface area contributed by atoms with Crippen LogP contribution in [0.25, 0.3) is 10.9 Å². The summed E-state index contributed by atoms with van der Waals surface area (Å²) in [6.45, 7) is 2.51. The van der Waals surface area contributed by atoms with Crippen molar-refractivity contribution in [3.05, 3.63) is 40.7 Å². The van der Waals surface area contributed by atoms with Crippen LogP contribution < -0.4 is 10.9 Å². The maximum Gasteiger partial charge on any atom is 0.252 e. The van der Waals surface area contributed by atoms with E-state index in [0.29, 0.717) is 6.54 Å². The van der Waals surface area contributed by atoms with Crippen molar-refractivity contribution in [1.29, 1.82) is 0 Å². The Labute approximate surface area is 114 Å². The van der Waals surface area contributed by atoms with Gasteiger partial charge in [-0.25, -0.2) is 0 Å². The summed E-state index contributed by atoms with van der Waals surface area (Å²) in [5.41, 5.74) is 1.64. The normalized spacial score (nSPS) is 14.3. The standard InChI is InChI=1S/C14H18N2O2S/c1-10(19(3)18)9-15-12-8-14(17)16(2)13-7-5-4-6-11(12)13/h4-8,10,15H,9H2,1-3H3. The summed E-state index contributed by atoms with van der Waals surface area (Å²) >= 11 is 0. The van der Waals surface area contributed by atoms with E-state index < -0.39 is 10.8 Å². The maximum atomic E-state index is 11.9. The highest BCUT2D eigenvalue weighted by molar-refractivity contribution is 7.84. The van der Waals surface area contributed by atoms with E-state index in [4.69, 9.17) is 0 Å². The first-order chi connectivity index (χ1) is 9.00. The summed E-state index contributed by atoms with van der Waals surface area (Å²) < 4.78 is 13.0. The Balaban J connectivity index is 2.41. The summed E-state index contributed by atoms with van der Waals surface area (Å²) in [6, 6.07) is 9.34. The van der Waals surface area contributed by atoms with Crippen LogP contribution in [0, 0.1) is 0 Å². The molecule has 0 fully saturated rings. The van der Waals surface area contributed by atoms with Crippen molar-refractivity contribution in [2.75, 3.05) is 18.1 Å². The van der Waals surface area contributed by atoms with Gasteiger partial charge in [0, 0.05) is 53.0 Å². The highest BCUT2D eigenvalue weighted by Gasteiger charge is 2.09. The Hall–Kier alpha value is -1.62. The molecule has 0 aliphatic carbocycles. The van der Waals surface area contributed by atoms with E-state index in [1.807, 2.05) is 31.2 Å². The summed E-state index contributed by atoms with van der Waals surface area (Å²) in [5, 5.41) is 4.27. The van der Waals surface area contributed by atoms with E-state index in [9.17, 15) is 9.00 Å². The van der Waals surface area contributed by atoms with Crippen LogP contribution in [-0.4, -0.2) is 26.8 Å². The second kappa shape index (κ2) is 5.57. The van der Waals surface area contributed by atoms with Crippen molar-refractivity contribution in [3.8, 4) is 0 Å². The van der Waals surface area contributed by atoms with Crippen LogP contribution >= 0.6 is 0 Å². The van der Waals surface area contributed by atoms with Gasteiger partial charge in [-0.2, -0.15) is 0 Å². The summed E-state index contributed by atoms with van der Waals surface area (Å²) in [4.78, 5) is 11.9. The number of benzene rings is 1. The predicted molar refractivity (Wildman–Crippen MR) is 81.2 cm³/mol. The Morgan fingerprint density at radius 2 is 2.05 bits per heavy atom.